The first kappa shape index (κ1) is 8.74. The van der Waals surface area contributed by atoms with E-state index in [2.05, 4.69) is 5.32 Å². The van der Waals surface area contributed by atoms with Gasteiger partial charge in [-0.05, 0) is 24.1 Å². The van der Waals surface area contributed by atoms with E-state index in [1.807, 2.05) is 13.0 Å². The van der Waals surface area contributed by atoms with Crippen LogP contribution < -0.4 is 11.1 Å². The minimum absolute atomic E-state index is 0.229. The predicted molar refractivity (Wildman–Crippen MR) is 51.8 cm³/mol. The van der Waals surface area contributed by atoms with Gasteiger partial charge in [0.25, 0.3) is 5.91 Å². The number of hydrogen-bond acceptors (Lipinski definition) is 3. The van der Waals surface area contributed by atoms with Crippen LogP contribution in [0.3, 0.4) is 0 Å². The molecule has 1 aliphatic heterocycles. The zero-order chi connectivity index (χ0) is 10.3. The molecule has 0 aromatic heterocycles. The van der Waals surface area contributed by atoms with E-state index in [4.69, 9.17) is 5.73 Å². The number of rotatable bonds is 0. The SMILES string of the molecule is Cc1cc(N)c2c(c1)CC(=O)NC2=O. The molecule has 14 heavy (non-hydrogen) atoms. The van der Waals surface area contributed by atoms with Crippen LogP contribution in [0.15, 0.2) is 12.1 Å². The minimum atomic E-state index is -0.395. The fourth-order valence-electron chi connectivity index (χ4n) is 1.71. The molecule has 1 aromatic carbocycles. The van der Waals surface area contributed by atoms with Crippen molar-refractivity contribution in [3.8, 4) is 0 Å². The summed E-state index contributed by atoms with van der Waals surface area (Å²) in [4.78, 5) is 22.5. The topological polar surface area (TPSA) is 72.2 Å². The molecule has 2 rings (SSSR count). The number of carbonyl (C=O) groups is 2. The van der Waals surface area contributed by atoms with Crippen LogP contribution in [0.5, 0.6) is 0 Å². The third-order valence-corrected chi connectivity index (χ3v) is 2.23. The molecule has 0 saturated heterocycles. The summed E-state index contributed by atoms with van der Waals surface area (Å²) in [7, 11) is 0. The molecule has 0 aliphatic carbocycles. The van der Waals surface area contributed by atoms with E-state index in [0.29, 0.717) is 11.3 Å². The minimum Gasteiger partial charge on any atom is -0.398 e. The normalized spacial score (nSPS) is 14.9. The summed E-state index contributed by atoms with van der Waals surface area (Å²) in [6.07, 6.45) is 0.229. The van der Waals surface area contributed by atoms with Crippen molar-refractivity contribution >= 4 is 17.5 Å². The van der Waals surface area contributed by atoms with Crippen molar-refractivity contribution < 1.29 is 9.59 Å². The number of benzene rings is 1. The lowest BCUT2D eigenvalue weighted by Crippen LogP contribution is -2.37. The molecular weight excluding hydrogens is 180 g/mol. The monoisotopic (exact) mass is 190 g/mol. The van der Waals surface area contributed by atoms with Gasteiger partial charge in [-0.3, -0.25) is 14.9 Å². The van der Waals surface area contributed by atoms with Crippen molar-refractivity contribution in [2.24, 2.45) is 0 Å². The van der Waals surface area contributed by atoms with E-state index in [-0.39, 0.29) is 12.3 Å². The predicted octanol–water partition coefficient (Wildman–Crippen LogP) is 0.390. The Morgan fingerprint density at radius 3 is 2.79 bits per heavy atom. The Morgan fingerprint density at radius 1 is 1.36 bits per heavy atom. The van der Waals surface area contributed by atoms with Crippen molar-refractivity contribution in [1.82, 2.24) is 5.32 Å². The molecule has 4 nitrogen and oxygen atoms in total. The Balaban J connectivity index is 2.64. The summed E-state index contributed by atoms with van der Waals surface area (Å²) in [5.41, 5.74) is 8.26. The number of nitrogens with one attached hydrogen (secondary N) is 1. The fraction of sp³-hybridized carbons (Fsp3) is 0.200. The molecule has 0 unspecified atom stereocenters. The van der Waals surface area contributed by atoms with Crippen molar-refractivity contribution in [2.75, 3.05) is 5.73 Å². The van der Waals surface area contributed by atoms with E-state index < -0.39 is 5.91 Å². The van der Waals surface area contributed by atoms with Gasteiger partial charge in [0, 0.05) is 5.69 Å². The van der Waals surface area contributed by atoms with E-state index in [0.717, 1.165) is 11.1 Å². The maximum Gasteiger partial charge on any atom is 0.260 e. The Labute approximate surface area is 81.1 Å². The number of nitrogen functional groups attached to an aromatic ring is 1. The van der Waals surface area contributed by atoms with Gasteiger partial charge in [-0.15, -0.1) is 0 Å². The highest BCUT2D eigenvalue weighted by Crippen LogP contribution is 2.22. The zero-order valence-corrected chi connectivity index (χ0v) is 7.76. The van der Waals surface area contributed by atoms with Crippen molar-refractivity contribution in [1.29, 1.82) is 0 Å². The second-order valence-corrected chi connectivity index (χ2v) is 3.44. The Morgan fingerprint density at radius 2 is 2.07 bits per heavy atom. The second-order valence-electron chi connectivity index (χ2n) is 3.44. The molecule has 4 heteroatoms. The molecule has 2 amide bonds. The molecule has 1 heterocycles. The number of aryl methyl sites for hydroxylation is 1. The van der Waals surface area contributed by atoms with Crippen LogP contribution in [0.2, 0.25) is 0 Å². The quantitative estimate of drug-likeness (QED) is 0.459. The van der Waals surface area contributed by atoms with Gasteiger partial charge in [-0.2, -0.15) is 0 Å². The lowest BCUT2D eigenvalue weighted by Gasteiger charge is -2.17. The van der Waals surface area contributed by atoms with Gasteiger partial charge in [0.05, 0.1) is 12.0 Å². The highest BCUT2D eigenvalue weighted by Gasteiger charge is 2.24. The maximum atomic E-state index is 11.4. The fourth-order valence-corrected chi connectivity index (χ4v) is 1.71. The van der Waals surface area contributed by atoms with Gasteiger partial charge in [0.15, 0.2) is 0 Å². The third kappa shape index (κ3) is 1.25. The van der Waals surface area contributed by atoms with Gasteiger partial charge in [0.1, 0.15) is 0 Å². The number of imide groups is 1. The Bertz CT molecular complexity index is 438. The molecule has 0 saturated carbocycles. The lowest BCUT2D eigenvalue weighted by molar-refractivity contribution is -0.119. The summed E-state index contributed by atoms with van der Waals surface area (Å²) in [5.74, 6) is -0.666. The largest absolute Gasteiger partial charge is 0.398 e. The van der Waals surface area contributed by atoms with E-state index in [1.54, 1.807) is 6.07 Å². The summed E-state index contributed by atoms with van der Waals surface area (Å²) < 4.78 is 0. The summed E-state index contributed by atoms with van der Waals surface area (Å²) in [6.45, 7) is 1.88. The van der Waals surface area contributed by atoms with Gasteiger partial charge < -0.3 is 5.73 Å². The summed E-state index contributed by atoms with van der Waals surface area (Å²) in [6, 6.07) is 3.55. The summed E-state index contributed by atoms with van der Waals surface area (Å²) >= 11 is 0. The van der Waals surface area contributed by atoms with Gasteiger partial charge in [0.2, 0.25) is 5.91 Å². The zero-order valence-electron chi connectivity index (χ0n) is 7.76. The number of amides is 2. The molecule has 0 fully saturated rings. The van der Waals surface area contributed by atoms with Crippen LogP contribution in [-0.2, 0) is 11.2 Å². The van der Waals surface area contributed by atoms with Crippen molar-refractivity contribution in [3.63, 3.8) is 0 Å². The Hall–Kier alpha value is -1.84. The summed E-state index contributed by atoms with van der Waals surface area (Å²) in [5, 5.41) is 2.24. The molecule has 0 atom stereocenters. The molecule has 1 aliphatic rings. The highest BCUT2D eigenvalue weighted by atomic mass is 16.2. The lowest BCUT2D eigenvalue weighted by atomic mass is 9.96. The van der Waals surface area contributed by atoms with Crippen LogP contribution in [-0.4, -0.2) is 11.8 Å². The molecule has 1 aromatic rings. The maximum absolute atomic E-state index is 11.4. The van der Waals surface area contributed by atoms with Crippen LogP contribution in [0.4, 0.5) is 5.69 Å². The van der Waals surface area contributed by atoms with Gasteiger partial charge >= 0.3 is 0 Å². The van der Waals surface area contributed by atoms with Crippen LogP contribution >= 0.6 is 0 Å². The number of anilines is 1. The molecule has 0 bridgehead atoms. The first-order valence-corrected chi connectivity index (χ1v) is 4.31. The van der Waals surface area contributed by atoms with Gasteiger partial charge in [-0.1, -0.05) is 6.07 Å². The average molecular weight is 190 g/mol. The number of fused-ring (bicyclic) bond motifs is 1. The van der Waals surface area contributed by atoms with Crippen molar-refractivity contribution in [2.45, 2.75) is 13.3 Å². The average Bonchev–Trinajstić information content (AvgIpc) is 1.99. The Kier molecular flexibility index (Phi) is 1.77. The van der Waals surface area contributed by atoms with E-state index in [9.17, 15) is 9.59 Å². The molecule has 0 spiro atoms. The second kappa shape index (κ2) is 2.83. The number of nitrogens with two attached hydrogens (primary N) is 1. The molecule has 3 N–H and O–H groups in total. The number of carbonyl (C=O) groups excluding carboxylic acids is 2. The number of hydrogen-bond donors (Lipinski definition) is 2. The molecule has 0 radical (unpaired) electrons. The third-order valence-electron chi connectivity index (χ3n) is 2.23. The first-order valence-electron chi connectivity index (χ1n) is 4.31. The van der Waals surface area contributed by atoms with Crippen LogP contribution in [0.25, 0.3) is 0 Å². The standard InChI is InChI=1S/C10H10N2O2/c1-5-2-6-4-8(13)12-10(14)9(6)7(11)3-5/h2-3H,4,11H2,1H3,(H,12,13,14). The van der Waals surface area contributed by atoms with E-state index >= 15 is 0 Å². The smallest absolute Gasteiger partial charge is 0.260 e. The van der Waals surface area contributed by atoms with Gasteiger partial charge in [-0.25, -0.2) is 0 Å². The molecular formula is C10H10N2O2. The van der Waals surface area contributed by atoms with Crippen molar-refractivity contribution in [3.05, 3.63) is 28.8 Å². The van der Waals surface area contributed by atoms with Crippen LogP contribution in [0.1, 0.15) is 21.5 Å². The molecule has 72 valence electrons. The first-order chi connectivity index (χ1) is 6.58. The van der Waals surface area contributed by atoms with E-state index in [1.165, 1.54) is 0 Å². The van der Waals surface area contributed by atoms with Crippen LogP contribution in [0, 0.1) is 6.92 Å². The highest BCUT2D eigenvalue weighted by molar-refractivity contribution is 6.12.